The lowest BCUT2D eigenvalue weighted by Gasteiger charge is -2.31. The molecule has 0 amide bonds. The highest BCUT2D eigenvalue weighted by atomic mass is 31.3. The van der Waals surface area contributed by atoms with Gasteiger partial charge in [0.1, 0.15) is 0 Å². The van der Waals surface area contributed by atoms with Crippen molar-refractivity contribution in [2.75, 3.05) is 0 Å². The van der Waals surface area contributed by atoms with Crippen molar-refractivity contribution in [3.8, 4) is 35.3 Å². The maximum absolute atomic E-state index is 6.51. The molecule has 0 N–H and O–H groups in total. The molecule has 6 aromatic rings. The third-order valence-electron chi connectivity index (χ3n) is 5.78. The summed E-state index contributed by atoms with van der Waals surface area (Å²) in [6.07, 6.45) is 9.31. The minimum absolute atomic E-state index is 0.124. The Balaban J connectivity index is 1.55. The van der Waals surface area contributed by atoms with Crippen LogP contribution in [0, 0.1) is 0 Å². The van der Waals surface area contributed by atoms with Crippen LogP contribution in [0.2, 0.25) is 0 Å². The first kappa shape index (κ1) is 31.0. The molecule has 15 nitrogen and oxygen atoms in total. The van der Waals surface area contributed by atoms with E-state index < -0.39 is 23.0 Å². The van der Waals surface area contributed by atoms with Gasteiger partial charge in [0.2, 0.25) is 35.3 Å². The van der Waals surface area contributed by atoms with Gasteiger partial charge < -0.3 is 27.1 Å². The fourth-order valence-electron chi connectivity index (χ4n) is 3.89. The molecule has 1 aliphatic rings. The van der Waals surface area contributed by atoms with Gasteiger partial charge in [0, 0.05) is 73.6 Å². The normalized spacial score (nSPS) is 15.2. The SMILES string of the molecule is c1ccc(OP2(Oc3ccccn3)=NP(Oc3ccccn3)(Oc3ccccn3)=NP(Oc3ccccn3)(Oc3ccccn3)=N2)nc1. The first-order valence-electron chi connectivity index (χ1n) is 14.1. The van der Waals surface area contributed by atoms with E-state index in [4.69, 9.17) is 40.7 Å². The summed E-state index contributed by atoms with van der Waals surface area (Å²) >= 11 is 0. The van der Waals surface area contributed by atoms with Crippen molar-refractivity contribution in [3.63, 3.8) is 0 Å². The second kappa shape index (κ2) is 14.0. The van der Waals surface area contributed by atoms with Gasteiger partial charge in [-0.15, -0.1) is 0 Å². The van der Waals surface area contributed by atoms with E-state index in [-0.39, 0.29) is 35.3 Å². The van der Waals surface area contributed by atoms with E-state index in [2.05, 4.69) is 29.9 Å². The predicted molar refractivity (Wildman–Crippen MR) is 177 cm³/mol. The van der Waals surface area contributed by atoms with Crippen LogP contribution in [0.5, 0.6) is 35.3 Å². The van der Waals surface area contributed by atoms with E-state index in [1.54, 1.807) is 146 Å². The van der Waals surface area contributed by atoms with Gasteiger partial charge in [-0.2, -0.15) is 0 Å². The summed E-state index contributed by atoms with van der Waals surface area (Å²) in [4.78, 5) is 26.1. The zero-order valence-corrected chi connectivity index (χ0v) is 27.4. The zero-order chi connectivity index (χ0) is 32.5. The second-order valence-corrected chi connectivity index (χ2v) is 15.5. The van der Waals surface area contributed by atoms with Gasteiger partial charge in [0.15, 0.2) is 0 Å². The average Bonchev–Trinajstić information content (AvgIpc) is 3.10. The monoisotopic (exact) mass is 699 g/mol. The van der Waals surface area contributed by atoms with E-state index in [0.717, 1.165) is 0 Å². The first-order valence-corrected chi connectivity index (χ1v) is 18.7. The number of hydrogen-bond donors (Lipinski definition) is 0. The van der Waals surface area contributed by atoms with Gasteiger partial charge >= 0.3 is 23.0 Å². The molecule has 0 atom stereocenters. The molecular formula is C30H24N9O6P3. The molecule has 0 bridgehead atoms. The third-order valence-corrected chi connectivity index (χ3v) is 13.8. The molecule has 0 unspecified atom stereocenters. The minimum atomic E-state index is -4.11. The highest BCUT2D eigenvalue weighted by molar-refractivity contribution is 7.79. The van der Waals surface area contributed by atoms with Crippen LogP contribution in [0.1, 0.15) is 0 Å². The lowest BCUT2D eigenvalue weighted by atomic mass is 10.5. The highest BCUT2D eigenvalue weighted by Gasteiger charge is 2.49. The quantitative estimate of drug-likeness (QED) is 0.112. The Morgan fingerprint density at radius 2 is 0.458 bits per heavy atom. The van der Waals surface area contributed by atoms with Crippen LogP contribution in [-0.2, 0) is 0 Å². The lowest BCUT2D eigenvalue weighted by molar-refractivity contribution is 0.425. The van der Waals surface area contributed by atoms with Gasteiger partial charge in [-0.05, 0) is 36.4 Å². The van der Waals surface area contributed by atoms with E-state index in [0.29, 0.717) is 0 Å². The molecule has 240 valence electrons. The van der Waals surface area contributed by atoms with Crippen molar-refractivity contribution in [1.82, 2.24) is 29.9 Å². The summed E-state index contributed by atoms with van der Waals surface area (Å²) in [7, 11) is -12.3. The van der Waals surface area contributed by atoms with Crippen molar-refractivity contribution < 1.29 is 27.1 Å². The molecule has 0 saturated heterocycles. The molecule has 18 heteroatoms. The summed E-state index contributed by atoms with van der Waals surface area (Å²) < 4.78 is 54.0. The van der Waals surface area contributed by atoms with Crippen molar-refractivity contribution in [1.29, 1.82) is 0 Å². The van der Waals surface area contributed by atoms with Crippen molar-refractivity contribution in [2.24, 2.45) is 13.5 Å². The maximum Gasteiger partial charge on any atom is 0.463 e. The molecule has 0 spiro atoms. The lowest BCUT2D eigenvalue weighted by Crippen LogP contribution is -2.12. The van der Waals surface area contributed by atoms with Crippen molar-refractivity contribution >= 4 is 23.0 Å². The Bertz CT molecular complexity index is 1730. The molecule has 0 saturated carbocycles. The molecule has 0 aliphatic carbocycles. The predicted octanol–water partition coefficient (Wildman–Crippen LogP) is 8.68. The Hall–Kier alpha value is -5.61. The minimum Gasteiger partial charge on any atom is -0.395 e. The smallest absolute Gasteiger partial charge is 0.395 e. The van der Waals surface area contributed by atoms with Crippen molar-refractivity contribution in [2.45, 2.75) is 0 Å². The highest BCUT2D eigenvalue weighted by Crippen LogP contribution is 2.78. The summed E-state index contributed by atoms with van der Waals surface area (Å²) in [5, 5.41) is 0. The second-order valence-electron chi connectivity index (χ2n) is 9.30. The summed E-state index contributed by atoms with van der Waals surface area (Å²) in [5.74, 6) is 0.743. The topological polar surface area (TPSA) is 170 Å². The Morgan fingerprint density at radius 3 is 0.604 bits per heavy atom. The van der Waals surface area contributed by atoms with Gasteiger partial charge in [-0.1, -0.05) is 49.9 Å². The van der Waals surface area contributed by atoms with Gasteiger partial charge in [-0.3, -0.25) is 0 Å². The molecule has 7 rings (SSSR count). The summed E-state index contributed by atoms with van der Waals surface area (Å²) in [6, 6.07) is 30.6. The van der Waals surface area contributed by atoms with Gasteiger partial charge in [0.25, 0.3) is 0 Å². The number of nitrogens with zero attached hydrogens (tertiary/aromatic N) is 9. The molecule has 0 aromatic carbocycles. The number of aromatic nitrogens is 6. The molecular weight excluding hydrogens is 675 g/mol. The Kier molecular flexibility index (Phi) is 9.06. The average molecular weight is 700 g/mol. The van der Waals surface area contributed by atoms with Gasteiger partial charge in [0.05, 0.1) is 0 Å². The van der Waals surface area contributed by atoms with Crippen LogP contribution in [-0.4, -0.2) is 29.9 Å². The molecule has 48 heavy (non-hydrogen) atoms. The molecule has 1 aliphatic heterocycles. The standard InChI is InChI=1S/C30H24N9O6P3/c1-7-19-31-25(13-1)40-46(41-26-14-2-8-20-32-26)37-47(42-27-15-3-9-21-33-27,43-28-16-4-10-22-34-28)39-48(38-46,44-29-17-5-11-23-35-29)45-30-18-6-12-24-36-30/h1-24H. The Labute approximate surface area is 274 Å². The van der Waals surface area contributed by atoms with E-state index >= 15 is 0 Å². The van der Waals surface area contributed by atoms with Crippen LogP contribution in [0.25, 0.3) is 0 Å². The largest absolute Gasteiger partial charge is 0.463 e. The van der Waals surface area contributed by atoms with Crippen LogP contribution >= 0.6 is 23.0 Å². The molecule has 0 fully saturated rings. The molecule has 0 radical (unpaired) electrons. The van der Waals surface area contributed by atoms with E-state index in [1.807, 2.05) is 0 Å². The van der Waals surface area contributed by atoms with E-state index in [1.165, 1.54) is 0 Å². The number of hydrogen-bond acceptors (Lipinski definition) is 15. The maximum atomic E-state index is 6.51. The van der Waals surface area contributed by atoms with Crippen LogP contribution < -0.4 is 27.1 Å². The van der Waals surface area contributed by atoms with Crippen LogP contribution in [0.4, 0.5) is 0 Å². The third kappa shape index (κ3) is 7.67. The first-order chi connectivity index (χ1) is 23.6. The van der Waals surface area contributed by atoms with Crippen LogP contribution in [0.3, 0.4) is 0 Å². The fourth-order valence-corrected chi connectivity index (χ4v) is 12.7. The Morgan fingerprint density at radius 1 is 0.271 bits per heavy atom. The zero-order valence-electron chi connectivity index (χ0n) is 24.7. The van der Waals surface area contributed by atoms with Crippen molar-refractivity contribution in [3.05, 3.63) is 146 Å². The molecule has 7 heterocycles. The van der Waals surface area contributed by atoms with Crippen LogP contribution in [0.15, 0.2) is 160 Å². The summed E-state index contributed by atoms with van der Waals surface area (Å²) in [5.41, 5.74) is 0. The number of pyridine rings is 6. The van der Waals surface area contributed by atoms with E-state index in [9.17, 15) is 0 Å². The summed E-state index contributed by atoms with van der Waals surface area (Å²) in [6.45, 7) is 0. The molecule has 6 aromatic heterocycles. The fraction of sp³-hybridized carbons (Fsp3) is 0. The number of rotatable bonds is 12. The van der Waals surface area contributed by atoms with Gasteiger partial charge in [-0.25, -0.2) is 29.9 Å².